The van der Waals surface area contributed by atoms with Gasteiger partial charge in [-0.05, 0) is 55.0 Å². The molecule has 8 heteroatoms. The molecule has 0 bridgehead atoms. The maximum absolute atomic E-state index is 13.5. The van der Waals surface area contributed by atoms with Crippen LogP contribution in [0.15, 0.2) is 77.7 Å². The van der Waals surface area contributed by atoms with Crippen molar-refractivity contribution < 1.29 is 22.3 Å². The fourth-order valence-corrected chi connectivity index (χ4v) is 3.63. The maximum atomic E-state index is 13.5. The summed E-state index contributed by atoms with van der Waals surface area (Å²) in [6.45, 7) is 1.46. The number of ether oxygens (including phenoxy) is 1. The molecule has 0 aliphatic carbocycles. The van der Waals surface area contributed by atoms with E-state index in [9.17, 15) is 17.6 Å². The van der Waals surface area contributed by atoms with E-state index in [0.29, 0.717) is 11.4 Å². The Balaban J connectivity index is 1.60. The third kappa shape index (κ3) is 5.32. The van der Waals surface area contributed by atoms with Crippen molar-refractivity contribution in [1.82, 2.24) is 0 Å². The number of rotatable bonds is 7. The summed E-state index contributed by atoms with van der Waals surface area (Å²) in [7, 11) is -3.76. The molecule has 0 unspecified atom stereocenters. The molecule has 6 nitrogen and oxygen atoms in total. The molecule has 150 valence electrons. The molecule has 0 saturated carbocycles. The summed E-state index contributed by atoms with van der Waals surface area (Å²) in [6, 6.07) is 18.5. The molecule has 3 aromatic rings. The van der Waals surface area contributed by atoms with Crippen molar-refractivity contribution in [2.24, 2.45) is 0 Å². The minimum absolute atomic E-state index is 0.0592. The van der Waals surface area contributed by atoms with E-state index in [0.717, 1.165) is 5.56 Å². The summed E-state index contributed by atoms with van der Waals surface area (Å²) in [5.41, 5.74) is 1.36. The van der Waals surface area contributed by atoms with Crippen LogP contribution in [0.5, 0.6) is 5.75 Å². The van der Waals surface area contributed by atoms with E-state index < -0.39 is 21.7 Å². The molecular formula is C21H19FN2O4S. The summed E-state index contributed by atoms with van der Waals surface area (Å²) in [5.74, 6) is -0.770. The summed E-state index contributed by atoms with van der Waals surface area (Å²) in [5, 5.41) is 2.40. The minimum Gasteiger partial charge on any atom is -0.484 e. The lowest BCUT2D eigenvalue weighted by Gasteiger charge is -2.11. The summed E-state index contributed by atoms with van der Waals surface area (Å²) in [6.07, 6.45) is 0. The van der Waals surface area contributed by atoms with Crippen molar-refractivity contribution >= 4 is 27.3 Å². The number of hydrogen-bond donors (Lipinski definition) is 2. The SMILES string of the molecule is Cc1ccccc1NS(=O)(=O)c1ccc(OCC(=O)Nc2ccccc2F)cc1. The van der Waals surface area contributed by atoms with Gasteiger partial charge >= 0.3 is 0 Å². The van der Waals surface area contributed by atoms with Gasteiger partial charge in [0.25, 0.3) is 15.9 Å². The molecule has 3 rings (SSSR count). The Bertz CT molecular complexity index is 1120. The third-order valence-corrected chi connectivity index (χ3v) is 5.42. The van der Waals surface area contributed by atoms with Gasteiger partial charge in [0.2, 0.25) is 0 Å². The number of carbonyl (C=O) groups excluding carboxylic acids is 1. The number of aryl methyl sites for hydroxylation is 1. The number of benzene rings is 3. The van der Waals surface area contributed by atoms with Gasteiger partial charge in [0, 0.05) is 0 Å². The van der Waals surface area contributed by atoms with Crippen LogP contribution < -0.4 is 14.8 Å². The first-order chi connectivity index (χ1) is 13.8. The molecule has 0 saturated heterocycles. The first-order valence-electron chi connectivity index (χ1n) is 8.71. The molecule has 3 aromatic carbocycles. The van der Waals surface area contributed by atoms with Gasteiger partial charge in [-0.3, -0.25) is 9.52 Å². The summed E-state index contributed by atoms with van der Waals surface area (Å²) in [4.78, 5) is 11.9. The van der Waals surface area contributed by atoms with Crippen LogP contribution in [-0.4, -0.2) is 20.9 Å². The molecule has 0 heterocycles. The number of sulfonamides is 1. The van der Waals surface area contributed by atoms with Crippen LogP contribution in [0.25, 0.3) is 0 Å². The number of halogens is 1. The summed E-state index contributed by atoms with van der Waals surface area (Å²) < 4.78 is 46.4. The van der Waals surface area contributed by atoms with Crippen LogP contribution in [0, 0.1) is 12.7 Å². The van der Waals surface area contributed by atoms with Crippen LogP contribution in [0.4, 0.5) is 15.8 Å². The van der Waals surface area contributed by atoms with Gasteiger partial charge in [0.15, 0.2) is 6.61 Å². The Kier molecular flexibility index (Phi) is 6.13. The molecule has 1 amide bonds. The van der Waals surface area contributed by atoms with Crippen LogP contribution in [0.3, 0.4) is 0 Å². The van der Waals surface area contributed by atoms with E-state index in [4.69, 9.17) is 4.74 Å². The van der Waals surface area contributed by atoms with Crippen molar-refractivity contribution in [3.05, 3.63) is 84.2 Å². The van der Waals surface area contributed by atoms with Gasteiger partial charge in [-0.2, -0.15) is 0 Å². The molecule has 0 aromatic heterocycles. The molecule has 0 aliphatic heterocycles. The first-order valence-corrected chi connectivity index (χ1v) is 10.2. The highest BCUT2D eigenvalue weighted by Crippen LogP contribution is 2.21. The summed E-state index contributed by atoms with van der Waals surface area (Å²) >= 11 is 0. The number of para-hydroxylation sites is 2. The first kappa shape index (κ1) is 20.3. The standard InChI is InChI=1S/C21H19FN2O4S/c1-15-6-2-4-8-19(15)24-29(26,27)17-12-10-16(11-13-17)28-14-21(25)23-20-9-5-3-7-18(20)22/h2-13,24H,14H2,1H3,(H,23,25). The van der Waals surface area contributed by atoms with Crippen molar-refractivity contribution in [3.63, 3.8) is 0 Å². The molecule has 0 fully saturated rings. The number of amides is 1. The zero-order valence-corrected chi connectivity index (χ0v) is 16.4. The van der Waals surface area contributed by atoms with Gasteiger partial charge in [-0.25, -0.2) is 12.8 Å². The predicted octanol–water partition coefficient (Wildman–Crippen LogP) is 3.95. The third-order valence-electron chi connectivity index (χ3n) is 4.04. The van der Waals surface area contributed by atoms with E-state index in [1.54, 1.807) is 31.2 Å². The molecule has 0 atom stereocenters. The highest BCUT2D eigenvalue weighted by molar-refractivity contribution is 7.92. The lowest BCUT2D eigenvalue weighted by atomic mass is 10.2. The smallest absolute Gasteiger partial charge is 0.262 e. The van der Waals surface area contributed by atoms with Crippen LogP contribution >= 0.6 is 0 Å². The fourth-order valence-electron chi connectivity index (χ4n) is 2.50. The maximum Gasteiger partial charge on any atom is 0.262 e. The van der Waals surface area contributed by atoms with Gasteiger partial charge < -0.3 is 10.1 Å². The zero-order valence-electron chi connectivity index (χ0n) is 15.6. The average molecular weight is 414 g/mol. The lowest BCUT2D eigenvalue weighted by Crippen LogP contribution is -2.20. The second-order valence-corrected chi connectivity index (χ2v) is 7.89. The topological polar surface area (TPSA) is 84.5 Å². The predicted molar refractivity (Wildman–Crippen MR) is 109 cm³/mol. The second-order valence-electron chi connectivity index (χ2n) is 6.21. The average Bonchev–Trinajstić information content (AvgIpc) is 2.70. The zero-order chi connectivity index (χ0) is 20.9. The highest BCUT2D eigenvalue weighted by atomic mass is 32.2. The van der Waals surface area contributed by atoms with Crippen molar-refractivity contribution in [1.29, 1.82) is 0 Å². The van der Waals surface area contributed by atoms with Crippen molar-refractivity contribution in [2.45, 2.75) is 11.8 Å². The van der Waals surface area contributed by atoms with E-state index >= 15 is 0 Å². The van der Waals surface area contributed by atoms with Gasteiger partial charge in [0.05, 0.1) is 16.3 Å². The van der Waals surface area contributed by atoms with Crippen molar-refractivity contribution in [2.75, 3.05) is 16.6 Å². The van der Waals surface area contributed by atoms with Crippen LogP contribution in [0.1, 0.15) is 5.56 Å². The molecule has 29 heavy (non-hydrogen) atoms. The highest BCUT2D eigenvalue weighted by Gasteiger charge is 2.15. The quantitative estimate of drug-likeness (QED) is 0.613. The number of hydrogen-bond acceptors (Lipinski definition) is 4. The minimum atomic E-state index is -3.76. The monoisotopic (exact) mass is 414 g/mol. The molecule has 0 spiro atoms. The van der Waals surface area contributed by atoms with Gasteiger partial charge in [0.1, 0.15) is 11.6 Å². The number of nitrogens with one attached hydrogen (secondary N) is 2. The van der Waals surface area contributed by atoms with Crippen LogP contribution in [0.2, 0.25) is 0 Å². The Hall–Kier alpha value is -3.39. The lowest BCUT2D eigenvalue weighted by molar-refractivity contribution is -0.118. The van der Waals surface area contributed by atoms with E-state index in [-0.39, 0.29) is 17.2 Å². The molecule has 2 N–H and O–H groups in total. The second kappa shape index (κ2) is 8.74. The molecule has 0 aliphatic rings. The van der Waals surface area contributed by atoms with Gasteiger partial charge in [-0.15, -0.1) is 0 Å². The largest absolute Gasteiger partial charge is 0.484 e. The Labute approximate surface area is 168 Å². The Morgan fingerprint density at radius 1 is 0.931 bits per heavy atom. The Morgan fingerprint density at radius 2 is 1.55 bits per heavy atom. The van der Waals surface area contributed by atoms with Gasteiger partial charge in [-0.1, -0.05) is 30.3 Å². The van der Waals surface area contributed by atoms with Crippen LogP contribution in [-0.2, 0) is 14.8 Å². The normalized spacial score (nSPS) is 11.0. The number of carbonyl (C=O) groups is 1. The van der Waals surface area contributed by atoms with E-state index in [1.165, 1.54) is 42.5 Å². The van der Waals surface area contributed by atoms with Crippen molar-refractivity contribution in [3.8, 4) is 5.75 Å². The molecule has 0 radical (unpaired) electrons. The fraction of sp³-hybridized carbons (Fsp3) is 0.0952. The van der Waals surface area contributed by atoms with E-state index in [2.05, 4.69) is 10.0 Å². The number of anilines is 2. The van der Waals surface area contributed by atoms with E-state index in [1.807, 2.05) is 6.07 Å². The molecular weight excluding hydrogens is 395 g/mol. The Morgan fingerprint density at radius 3 is 2.21 bits per heavy atom.